The summed E-state index contributed by atoms with van der Waals surface area (Å²) in [6.45, 7) is 6.11. The summed E-state index contributed by atoms with van der Waals surface area (Å²) in [5.41, 5.74) is 2.18. The van der Waals surface area contributed by atoms with Crippen LogP contribution in [0.3, 0.4) is 0 Å². The molecule has 11 heavy (non-hydrogen) atoms. The summed E-state index contributed by atoms with van der Waals surface area (Å²) in [6, 6.07) is 0. The molecule has 0 saturated carbocycles. The minimum absolute atomic E-state index is 0.0473. The number of hydrogen-bond donors (Lipinski definition) is 2. The first kappa shape index (κ1) is 10.8. The van der Waals surface area contributed by atoms with Crippen LogP contribution in [0.4, 0.5) is 4.79 Å². The molecule has 0 aromatic rings. The molecular formula is C7H15NO2S. The predicted octanol–water partition coefficient (Wildman–Crippen LogP) is 1.99. The van der Waals surface area contributed by atoms with Gasteiger partial charge in [-0.25, -0.2) is 5.48 Å². The molecular weight excluding hydrogens is 162 g/mol. The lowest BCUT2D eigenvalue weighted by Crippen LogP contribution is -2.24. The zero-order valence-corrected chi connectivity index (χ0v) is 8.02. The minimum atomic E-state index is -0.458. The third-order valence-electron chi connectivity index (χ3n) is 1.15. The predicted molar refractivity (Wildman–Crippen MR) is 47.5 cm³/mol. The topological polar surface area (TPSA) is 38.3 Å². The van der Waals surface area contributed by atoms with E-state index in [2.05, 4.69) is 32.0 Å². The van der Waals surface area contributed by atoms with E-state index in [1.54, 1.807) is 0 Å². The van der Waals surface area contributed by atoms with Crippen LogP contribution < -0.4 is 5.48 Å². The van der Waals surface area contributed by atoms with Crippen molar-refractivity contribution >= 4 is 17.9 Å². The molecule has 0 saturated heterocycles. The van der Waals surface area contributed by atoms with Gasteiger partial charge in [-0.15, -0.1) is 0 Å². The Kier molecular flexibility index (Phi) is 5.32. The first-order chi connectivity index (χ1) is 5.02. The van der Waals surface area contributed by atoms with Gasteiger partial charge in [-0.1, -0.05) is 26.5 Å². The monoisotopic (exact) mass is 177 g/mol. The maximum Gasteiger partial charge on any atom is 0.299 e. The lowest BCUT2D eigenvalue weighted by Gasteiger charge is -2.13. The number of nitrogens with one attached hydrogen (secondary N) is 1. The fraction of sp³-hybridized carbons (Fsp3) is 0.857. The molecule has 0 aliphatic carbocycles. The van der Waals surface area contributed by atoms with Crippen molar-refractivity contribution in [3.63, 3.8) is 0 Å². The first-order valence-electron chi connectivity index (χ1n) is 3.67. The molecule has 0 bridgehead atoms. The van der Waals surface area contributed by atoms with Crippen molar-refractivity contribution in [2.24, 2.45) is 5.92 Å². The van der Waals surface area contributed by atoms with Crippen LogP contribution in [0.5, 0.6) is 0 Å². The van der Waals surface area contributed by atoms with Crippen molar-refractivity contribution in [3.8, 4) is 0 Å². The molecule has 4 heteroatoms. The number of hydroxylamine groups is 1. The highest BCUT2D eigenvalue weighted by molar-refractivity contribution is 7.96. The molecule has 66 valence electrons. The van der Waals surface area contributed by atoms with E-state index in [-0.39, 0.29) is 6.10 Å². The molecule has 3 nitrogen and oxygen atoms in total. The van der Waals surface area contributed by atoms with Crippen LogP contribution in [0.15, 0.2) is 0 Å². The maximum absolute atomic E-state index is 10.3. The lowest BCUT2D eigenvalue weighted by atomic mass is 10.1. The summed E-state index contributed by atoms with van der Waals surface area (Å²) in [5.74, 6) is 0.571. The van der Waals surface area contributed by atoms with Gasteiger partial charge in [0.25, 0.3) is 5.24 Å². The van der Waals surface area contributed by atoms with E-state index in [4.69, 9.17) is 4.84 Å². The Morgan fingerprint density at radius 1 is 1.55 bits per heavy atom. The Morgan fingerprint density at radius 2 is 2.09 bits per heavy atom. The van der Waals surface area contributed by atoms with Crippen molar-refractivity contribution in [1.29, 1.82) is 0 Å². The number of hydrogen-bond acceptors (Lipinski definition) is 2. The number of carbonyl (C=O) groups excluding carboxylic acids is 1. The van der Waals surface area contributed by atoms with E-state index in [1.165, 1.54) is 0 Å². The quantitative estimate of drug-likeness (QED) is 0.509. The second-order valence-corrected chi connectivity index (χ2v) is 3.37. The van der Waals surface area contributed by atoms with Gasteiger partial charge in [-0.2, -0.15) is 0 Å². The van der Waals surface area contributed by atoms with E-state index in [1.807, 2.05) is 6.92 Å². The fourth-order valence-electron chi connectivity index (χ4n) is 0.863. The van der Waals surface area contributed by atoms with Gasteiger partial charge in [0.2, 0.25) is 0 Å². The van der Waals surface area contributed by atoms with E-state index >= 15 is 0 Å². The molecule has 1 atom stereocenters. The third-order valence-corrected chi connectivity index (χ3v) is 1.24. The van der Waals surface area contributed by atoms with Crippen molar-refractivity contribution in [1.82, 2.24) is 5.48 Å². The highest BCUT2D eigenvalue weighted by atomic mass is 32.1. The Bertz CT molecular complexity index is 128. The normalized spacial score (nSPS) is 13.2. The Hall–Kier alpha value is -0.220. The fourth-order valence-corrected chi connectivity index (χ4v) is 0.916. The molecule has 1 N–H and O–H groups in total. The van der Waals surface area contributed by atoms with Crippen molar-refractivity contribution in [2.75, 3.05) is 0 Å². The lowest BCUT2D eigenvalue weighted by molar-refractivity contribution is 0.00201. The van der Waals surface area contributed by atoms with Gasteiger partial charge >= 0.3 is 0 Å². The summed E-state index contributed by atoms with van der Waals surface area (Å²) >= 11 is 3.49. The van der Waals surface area contributed by atoms with Crippen LogP contribution in [0.1, 0.15) is 27.2 Å². The van der Waals surface area contributed by atoms with E-state index in [0.29, 0.717) is 5.92 Å². The largest absolute Gasteiger partial charge is 0.299 e. The Labute approximate surface area is 72.9 Å². The van der Waals surface area contributed by atoms with Gasteiger partial charge in [-0.05, 0) is 19.3 Å². The average Bonchev–Trinajstić information content (AvgIpc) is 1.82. The zero-order valence-electron chi connectivity index (χ0n) is 7.13. The van der Waals surface area contributed by atoms with E-state index in [0.717, 1.165) is 6.42 Å². The van der Waals surface area contributed by atoms with Crippen molar-refractivity contribution < 1.29 is 9.63 Å². The Balaban J connectivity index is 3.37. The average molecular weight is 177 g/mol. The molecule has 0 aliphatic heterocycles. The molecule has 0 aromatic carbocycles. The third kappa shape index (κ3) is 7.68. The van der Waals surface area contributed by atoms with Gasteiger partial charge in [0, 0.05) is 0 Å². The molecule has 0 aromatic heterocycles. The van der Waals surface area contributed by atoms with Crippen LogP contribution in [-0.2, 0) is 4.84 Å². The van der Waals surface area contributed by atoms with Crippen LogP contribution in [0, 0.1) is 5.92 Å². The molecule has 0 rings (SSSR count). The van der Waals surface area contributed by atoms with Crippen molar-refractivity contribution in [2.45, 2.75) is 33.3 Å². The van der Waals surface area contributed by atoms with E-state index < -0.39 is 5.24 Å². The maximum atomic E-state index is 10.3. The minimum Gasteiger partial charge on any atom is -0.270 e. The van der Waals surface area contributed by atoms with Gasteiger partial charge in [0.05, 0.1) is 6.10 Å². The van der Waals surface area contributed by atoms with Crippen LogP contribution in [0.25, 0.3) is 0 Å². The highest BCUT2D eigenvalue weighted by Crippen LogP contribution is 2.05. The van der Waals surface area contributed by atoms with Crippen molar-refractivity contribution in [3.05, 3.63) is 0 Å². The zero-order chi connectivity index (χ0) is 8.85. The molecule has 0 radical (unpaired) electrons. The van der Waals surface area contributed by atoms with Gasteiger partial charge in [0.15, 0.2) is 0 Å². The van der Waals surface area contributed by atoms with E-state index in [9.17, 15) is 4.79 Å². The number of amides is 1. The summed E-state index contributed by atoms with van der Waals surface area (Å²) in [5, 5.41) is -0.458. The molecule has 1 unspecified atom stereocenters. The molecule has 0 aliphatic rings. The van der Waals surface area contributed by atoms with Crippen LogP contribution >= 0.6 is 12.6 Å². The molecule has 0 spiro atoms. The summed E-state index contributed by atoms with van der Waals surface area (Å²) < 4.78 is 0. The SMILES string of the molecule is CC(C)CC(C)ONC(=O)S. The molecule has 0 fully saturated rings. The van der Waals surface area contributed by atoms with Gasteiger partial charge in [-0.3, -0.25) is 9.63 Å². The number of carbonyl (C=O) groups is 1. The smallest absolute Gasteiger partial charge is 0.270 e. The van der Waals surface area contributed by atoms with Gasteiger partial charge in [0.1, 0.15) is 0 Å². The summed E-state index contributed by atoms with van der Waals surface area (Å²) in [6.07, 6.45) is 0.972. The molecule has 1 amide bonds. The second kappa shape index (κ2) is 5.43. The summed E-state index contributed by atoms with van der Waals surface area (Å²) in [4.78, 5) is 15.2. The van der Waals surface area contributed by atoms with Crippen LogP contribution in [-0.4, -0.2) is 11.3 Å². The van der Waals surface area contributed by atoms with Gasteiger partial charge < -0.3 is 0 Å². The highest BCUT2D eigenvalue weighted by Gasteiger charge is 2.05. The molecule has 0 heterocycles. The summed E-state index contributed by atoms with van der Waals surface area (Å²) in [7, 11) is 0. The Morgan fingerprint density at radius 3 is 2.45 bits per heavy atom. The van der Waals surface area contributed by atoms with Crippen LogP contribution in [0.2, 0.25) is 0 Å². The standard InChI is InChI=1S/C7H15NO2S/c1-5(2)4-6(3)10-8-7(9)11/h5-6H,4H2,1-3H3,(H2,8,9,11). The second-order valence-electron chi connectivity index (χ2n) is 2.97. The number of rotatable bonds is 4. The first-order valence-corrected chi connectivity index (χ1v) is 4.11. The number of thiol groups is 1.